The summed E-state index contributed by atoms with van der Waals surface area (Å²) in [4.78, 5) is 37.2. The van der Waals surface area contributed by atoms with Crippen molar-refractivity contribution in [2.24, 2.45) is 4.99 Å². The summed E-state index contributed by atoms with van der Waals surface area (Å²) in [5.74, 6) is -0.748. The number of halogens is 3. The maximum Gasteiger partial charge on any atom is 0.422 e. The van der Waals surface area contributed by atoms with E-state index in [9.17, 15) is 22.8 Å². The van der Waals surface area contributed by atoms with Crippen LogP contribution in [0, 0.1) is 6.92 Å². The summed E-state index contributed by atoms with van der Waals surface area (Å²) >= 11 is 0. The third-order valence-electron chi connectivity index (χ3n) is 5.38. The molecule has 1 N–H and O–H groups in total. The zero-order chi connectivity index (χ0) is 24.3. The molecule has 0 fully saturated rings. The van der Waals surface area contributed by atoms with Crippen LogP contribution in [0.15, 0.2) is 53.1 Å². The molecule has 1 aromatic rings. The number of hydrogen-bond donors (Lipinski definition) is 1. The van der Waals surface area contributed by atoms with E-state index in [0.29, 0.717) is 16.7 Å². The first-order chi connectivity index (χ1) is 15.5. The number of carbonyl (C=O) groups excluding carboxylic acids is 2. The van der Waals surface area contributed by atoms with Crippen LogP contribution in [0.2, 0.25) is 0 Å². The van der Waals surface area contributed by atoms with Crippen molar-refractivity contribution in [3.05, 3.63) is 59.2 Å². The van der Waals surface area contributed by atoms with E-state index in [1.807, 2.05) is 0 Å². The fourth-order valence-electron chi connectivity index (χ4n) is 3.61. The molecule has 2 aliphatic rings. The van der Waals surface area contributed by atoms with Gasteiger partial charge in [0.15, 0.2) is 12.8 Å². The number of ketones is 1. The molecule has 3 rings (SSSR count). The molecule has 176 valence electrons. The molecular weight excluding hydrogens is 439 g/mol. The summed E-state index contributed by atoms with van der Waals surface area (Å²) in [5, 5.41) is 2.95. The highest BCUT2D eigenvalue weighted by atomic mass is 19.4. The Hall–Kier alpha value is -3.63. The third kappa shape index (κ3) is 5.24. The minimum atomic E-state index is -4.47. The van der Waals surface area contributed by atoms with Crippen molar-refractivity contribution >= 4 is 18.4 Å². The largest absolute Gasteiger partial charge is 0.468 e. The average molecular weight is 463 g/mol. The van der Waals surface area contributed by atoms with E-state index in [0.717, 1.165) is 0 Å². The fraction of sp³-hybridized carbons (Fsp3) is 0.364. The van der Waals surface area contributed by atoms with Crippen molar-refractivity contribution in [2.45, 2.75) is 32.2 Å². The van der Waals surface area contributed by atoms with Gasteiger partial charge in [-0.05, 0) is 38.3 Å². The van der Waals surface area contributed by atoms with Gasteiger partial charge in [-0.25, -0.2) is 4.98 Å². The van der Waals surface area contributed by atoms with Gasteiger partial charge in [-0.3, -0.25) is 14.6 Å². The van der Waals surface area contributed by atoms with Gasteiger partial charge in [0, 0.05) is 48.6 Å². The standard InChI is InChI=1S/C22H24F3N5O3/c1-13-9-15(10-28-20(13)33-12-22(23,24)25)14(2)30-11-17(16(21(30)32)5-6-26-3)18(31)19-27-7-8-29(19)4/h5-10,14,19,27H,3,11-12H2,1-2,4H3/b6-5-. The monoisotopic (exact) mass is 463 g/mol. The lowest BCUT2D eigenvalue weighted by Gasteiger charge is -2.26. The Morgan fingerprint density at radius 3 is 2.79 bits per heavy atom. The Balaban J connectivity index is 1.83. The van der Waals surface area contributed by atoms with Crippen LogP contribution in [0.3, 0.4) is 0 Å². The van der Waals surface area contributed by atoms with E-state index in [1.165, 1.54) is 23.4 Å². The maximum atomic E-state index is 13.2. The third-order valence-corrected chi connectivity index (χ3v) is 5.38. The number of aromatic nitrogens is 1. The molecule has 2 aliphatic heterocycles. The van der Waals surface area contributed by atoms with Crippen LogP contribution in [0.5, 0.6) is 5.88 Å². The number of rotatable bonds is 8. The van der Waals surface area contributed by atoms with Gasteiger partial charge in [0.05, 0.1) is 12.6 Å². The lowest BCUT2D eigenvalue weighted by Crippen LogP contribution is -2.42. The molecule has 0 aliphatic carbocycles. The fourth-order valence-corrected chi connectivity index (χ4v) is 3.61. The normalized spacial score (nSPS) is 19.5. The molecule has 3 heterocycles. The second-order valence-electron chi connectivity index (χ2n) is 7.71. The summed E-state index contributed by atoms with van der Waals surface area (Å²) in [6, 6.07) is 1.12. The zero-order valence-electron chi connectivity index (χ0n) is 18.4. The molecule has 1 amide bonds. The maximum absolute atomic E-state index is 13.2. The van der Waals surface area contributed by atoms with Gasteiger partial charge in [0.1, 0.15) is 0 Å². The number of pyridine rings is 1. The zero-order valence-corrected chi connectivity index (χ0v) is 18.4. The van der Waals surface area contributed by atoms with E-state index in [-0.39, 0.29) is 29.7 Å². The topological polar surface area (TPSA) is 87.1 Å². The van der Waals surface area contributed by atoms with Gasteiger partial charge in [-0.15, -0.1) is 0 Å². The molecular formula is C22H24F3N5O3. The minimum Gasteiger partial charge on any atom is -0.468 e. The lowest BCUT2D eigenvalue weighted by molar-refractivity contribution is -0.154. The molecule has 0 saturated heterocycles. The second kappa shape index (κ2) is 9.47. The van der Waals surface area contributed by atoms with Crippen molar-refractivity contribution in [3.63, 3.8) is 0 Å². The van der Waals surface area contributed by atoms with Crippen molar-refractivity contribution in [3.8, 4) is 5.88 Å². The van der Waals surface area contributed by atoms with Gasteiger partial charge in [-0.2, -0.15) is 13.2 Å². The first kappa shape index (κ1) is 24.0. The predicted octanol–water partition coefficient (Wildman–Crippen LogP) is 2.65. The highest BCUT2D eigenvalue weighted by Gasteiger charge is 2.39. The quantitative estimate of drug-likeness (QED) is 0.597. The molecule has 0 spiro atoms. The van der Waals surface area contributed by atoms with Crippen molar-refractivity contribution in [2.75, 3.05) is 20.2 Å². The number of alkyl halides is 3. The number of nitrogens with zero attached hydrogens (tertiary/aromatic N) is 4. The number of likely N-dealkylation sites (N-methyl/N-ethyl adjacent to an activating group) is 1. The minimum absolute atomic E-state index is 0.0625. The molecule has 2 atom stereocenters. The molecule has 0 radical (unpaired) electrons. The van der Waals surface area contributed by atoms with Crippen LogP contribution in [0.25, 0.3) is 0 Å². The van der Waals surface area contributed by atoms with Crippen LogP contribution >= 0.6 is 0 Å². The smallest absolute Gasteiger partial charge is 0.422 e. The average Bonchev–Trinajstić information content (AvgIpc) is 3.32. The molecule has 0 saturated carbocycles. The van der Waals surface area contributed by atoms with Crippen LogP contribution in [-0.4, -0.2) is 65.7 Å². The summed E-state index contributed by atoms with van der Waals surface area (Å²) in [6.45, 7) is 5.32. The summed E-state index contributed by atoms with van der Waals surface area (Å²) < 4.78 is 42.1. The Morgan fingerprint density at radius 2 is 2.21 bits per heavy atom. The molecule has 1 aromatic heterocycles. The Morgan fingerprint density at radius 1 is 1.48 bits per heavy atom. The van der Waals surface area contributed by atoms with Crippen molar-refractivity contribution in [1.29, 1.82) is 0 Å². The van der Waals surface area contributed by atoms with Crippen LogP contribution < -0.4 is 10.1 Å². The first-order valence-corrected chi connectivity index (χ1v) is 10.0. The lowest BCUT2D eigenvalue weighted by atomic mass is 10.0. The highest BCUT2D eigenvalue weighted by Crippen LogP contribution is 2.32. The molecule has 33 heavy (non-hydrogen) atoms. The first-order valence-electron chi connectivity index (χ1n) is 10.0. The van der Waals surface area contributed by atoms with E-state index in [1.54, 1.807) is 44.3 Å². The van der Waals surface area contributed by atoms with Gasteiger partial charge >= 0.3 is 6.18 Å². The van der Waals surface area contributed by atoms with Crippen LogP contribution in [-0.2, 0) is 9.59 Å². The van der Waals surface area contributed by atoms with E-state index < -0.39 is 25.0 Å². The number of aliphatic imine (C=N–C) groups is 1. The molecule has 0 bridgehead atoms. The van der Waals surface area contributed by atoms with E-state index in [2.05, 4.69) is 22.0 Å². The van der Waals surface area contributed by atoms with Crippen molar-refractivity contribution in [1.82, 2.24) is 20.1 Å². The molecule has 2 unspecified atom stereocenters. The van der Waals surface area contributed by atoms with Crippen LogP contribution in [0.4, 0.5) is 13.2 Å². The van der Waals surface area contributed by atoms with Gasteiger partial charge in [0.2, 0.25) is 11.7 Å². The number of carbonyl (C=O) groups is 2. The molecule has 8 nitrogen and oxygen atoms in total. The number of aryl methyl sites for hydroxylation is 1. The SMILES string of the molecule is C=N/C=C\C1=C(C(=O)C2NC=CN2C)CN(C(C)c2cnc(OCC(F)(F)F)c(C)c2)C1=O. The second-order valence-corrected chi connectivity index (χ2v) is 7.71. The number of Topliss-reactive ketones (excluding diaryl/α,β-unsaturated/α-hetero) is 1. The summed E-state index contributed by atoms with van der Waals surface area (Å²) in [7, 11) is 1.74. The Bertz CT molecular complexity index is 1050. The Labute approximate surface area is 189 Å². The van der Waals surface area contributed by atoms with Crippen LogP contribution in [0.1, 0.15) is 24.1 Å². The Kier molecular flexibility index (Phi) is 6.89. The van der Waals surface area contributed by atoms with Crippen molar-refractivity contribution < 1.29 is 27.5 Å². The number of nitrogens with one attached hydrogen (secondary N) is 1. The number of ether oxygens (including phenoxy) is 1. The molecule has 11 heteroatoms. The van der Waals surface area contributed by atoms with Gasteiger partial charge in [0.25, 0.3) is 5.91 Å². The van der Waals surface area contributed by atoms with E-state index >= 15 is 0 Å². The summed E-state index contributed by atoms with van der Waals surface area (Å²) in [6.07, 6.45) is 2.44. The van der Waals surface area contributed by atoms with Gasteiger partial charge in [-0.1, -0.05) is 0 Å². The number of amides is 1. The molecule has 0 aromatic carbocycles. The predicted molar refractivity (Wildman–Crippen MR) is 115 cm³/mol. The van der Waals surface area contributed by atoms with E-state index in [4.69, 9.17) is 4.74 Å². The summed E-state index contributed by atoms with van der Waals surface area (Å²) in [5.41, 5.74) is 1.54. The number of hydrogen-bond acceptors (Lipinski definition) is 7. The highest BCUT2D eigenvalue weighted by molar-refractivity contribution is 6.12. The van der Waals surface area contributed by atoms with Gasteiger partial charge < -0.3 is 19.9 Å².